The summed E-state index contributed by atoms with van der Waals surface area (Å²) in [6, 6.07) is 5.30. The number of carbonyl (C=O) groups excluding carboxylic acids is 1. The lowest BCUT2D eigenvalue weighted by Gasteiger charge is -2.16. The summed E-state index contributed by atoms with van der Waals surface area (Å²) in [5.41, 5.74) is 0.432. The third kappa shape index (κ3) is 5.16. The van der Waals surface area contributed by atoms with Crippen LogP contribution in [0.2, 0.25) is 0 Å². The number of aryl methyl sites for hydroxylation is 1. The van der Waals surface area contributed by atoms with Crippen molar-refractivity contribution >= 4 is 51.4 Å². The number of nitrogens with zero attached hydrogens (tertiary/aromatic N) is 4. The van der Waals surface area contributed by atoms with Crippen LogP contribution in [0, 0.1) is 6.92 Å². The molecule has 0 aliphatic carbocycles. The van der Waals surface area contributed by atoms with Gasteiger partial charge in [-0.1, -0.05) is 18.2 Å². The summed E-state index contributed by atoms with van der Waals surface area (Å²) in [7, 11) is -2.83. The van der Waals surface area contributed by atoms with E-state index >= 15 is 0 Å². The molecule has 0 spiro atoms. The first-order chi connectivity index (χ1) is 13.8. The molecule has 2 aromatic rings. The van der Waals surface area contributed by atoms with Gasteiger partial charge in [0, 0.05) is 12.3 Å². The first-order valence-corrected chi connectivity index (χ1v) is 11.3. The number of hydrogen-bond acceptors (Lipinski definition) is 10. The number of benzene rings is 1. The minimum atomic E-state index is -4.19. The molecule has 0 radical (unpaired) electrons. The molecule has 154 valence electrons. The Kier molecular flexibility index (Phi) is 6.59. The lowest BCUT2D eigenvalue weighted by molar-refractivity contribution is 0.256. The Morgan fingerprint density at radius 2 is 2.03 bits per heavy atom. The Bertz CT molecular complexity index is 1060. The molecule has 1 aromatic carbocycles. The maximum absolute atomic E-state index is 12.8. The van der Waals surface area contributed by atoms with Crippen molar-refractivity contribution in [3.05, 3.63) is 35.7 Å². The van der Waals surface area contributed by atoms with E-state index in [1.807, 2.05) is 4.72 Å². The van der Waals surface area contributed by atoms with Crippen molar-refractivity contribution in [3.63, 3.8) is 0 Å². The number of carbonyl (C=O) groups is 1. The van der Waals surface area contributed by atoms with Crippen molar-refractivity contribution in [1.29, 1.82) is 0 Å². The van der Waals surface area contributed by atoms with Crippen LogP contribution in [0.3, 0.4) is 0 Å². The van der Waals surface area contributed by atoms with Gasteiger partial charge in [-0.25, -0.2) is 17.9 Å². The Labute approximate surface area is 177 Å². The van der Waals surface area contributed by atoms with E-state index in [2.05, 4.69) is 37.9 Å². The van der Waals surface area contributed by atoms with E-state index in [0.717, 1.165) is 10.8 Å². The molecule has 10 nitrogen and oxygen atoms in total. The number of methoxy groups -OCH3 is 1. The summed E-state index contributed by atoms with van der Waals surface area (Å²) < 4.78 is 32.5. The summed E-state index contributed by atoms with van der Waals surface area (Å²) in [4.78, 5) is 28.2. The van der Waals surface area contributed by atoms with E-state index in [0.29, 0.717) is 17.9 Å². The number of aromatic nitrogens is 3. The Morgan fingerprint density at radius 1 is 1.28 bits per heavy atom. The zero-order valence-electron chi connectivity index (χ0n) is 15.5. The molecule has 2 heterocycles. The third-order valence-electron chi connectivity index (χ3n) is 3.71. The average Bonchev–Trinajstić information content (AvgIpc) is 3.21. The van der Waals surface area contributed by atoms with E-state index in [1.54, 1.807) is 25.1 Å². The molecule has 1 aliphatic rings. The van der Waals surface area contributed by atoms with Gasteiger partial charge in [0.25, 0.3) is 10.0 Å². The number of thiol groups is 1. The standard InChI is InChI=1S/C16H18N6O4S3/c1-9-18-14(21-16(19-9)26-2)20-15(23)22-29(24,25)11-6-4-3-5-10(11)12(27)13-17-7-8-28-13/h3-6,12,27H,7-8H2,1-2H3,(H2,18,19,20,21,22,23). The molecule has 1 atom stereocenters. The SMILES string of the molecule is COc1nc(C)nc(NC(=O)NS(=O)(=O)c2ccccc2C(S)C2=NCCS2)n1. The fourth-order valence-electron chi connectivity index (χ4n) is 2.51. The van der Waals surface area contributed by atoms with Crippen LogP contribution in [0.25, 0.3) is 0 Å². The van der Waals surface area contributed by atoms with Gasteiger partial charge in [0.05, 0.1) is 22.3 Å². The van der Waals surface area contributed by atoms with Gasteiger partial charge in [-0.2, -0.15) is 27.6 Å². The molecule has 1 unspecified atom stereocenters. The number of urea groups is 1. The number of amides is 2. The molecular formula is C16H18N6O4S3. The summed E-state index contributed by atoms with van der Waals surface area (Å²) in [6.07, 6.45) is 0. The van der Waals surface area contributed by atoms with Crippen molar-refractivity contribution in [1.82, 2.24) is 19.7 Å². The molecule has 2 amide bonds. The first kappa shape index (κ1) is 21.3. The summed E-state index contributed by atoms with van der Waals surface area (Å²) in [6.45, 7) is 2.25. The second-order valence-electron chi connectivity index (χ2n) is 5.76. The molecule has 0 saturated carbocycles. The van der Waals surface area contributed by atoms with Crippen LogP contribution in [0.15, 0.2) is 34.2 Å². The number of aliphatic imine (C=N–C) groups is 1. The third-order valence-corrected chi connectivity index (χ3v) is 6.86. The van der Waals surface area contributed by atoms with Gasteiger partial charge >= 0.3 is 12.0 Å². The fraction of sp³-hybridized carbons (Fsp3) is 0.312. The molecule has 0 fully saturated rings. The minimum absolute atomic E-state index is 0.00578. The molecule has 29 heavy (non-hydrogen) atoms. The van der Waals surface area contributed by atoms with Gasteiger partial charge in [0.1, 0.15) is 5.82 Å². The number of anilines is 1. The van der Waals surface area contributed by atoms with Crippen LogP contribution in [0.5, 0.6) is 6.01 Å². The van der Waals surface area contributed by atoms with Crippen LogP contribution >= 0.6 is 24.4 Å². The highest BCUT2D eigenvalue weighted by Gasteiger charge is 2.27. The molecule has 13 heteroatoms. The van der Waals surface area contributed by atoms with E-state index < -0.39 is 21.3 Å². The smallest absolute Gasteiger partial charge is 0.335 e. The van der Waals surface area contributed by atoms with Gasteiger partial charge < -0.3 is 4.74 Å². The van der Waals surface area contributed by atoms with Gasteiger partial charge in [-0.3, -0.25) is 10.3 Å². The van der Waals surface area contributed by atoms with Crippen molar-refractivity contribution < 1.29 is 17.9 Å². The second kappa shape index (κ2) is 8.97. The Morgan fingerprint density at radius 3 is 2.72 bits per heavy atom. The van der Waals surface area contributed by atoms with Gasteiger partial charge in [0.2, 0.25) is 5.95 Å². The predicted octanol–water partition coefficient (Wildman–Crippen LogP) is 1.82. The normalized spacial score (nSPS) is 14.8. The van der Waals surface area contributed by atoms with Crippen molar-refractivity contribution in [2.75, 3.05) is 24.7 Å². The van der Waals surface area contributed by atoms with E-state index in [-0.39, 0.29) is 16.9 Å². The highest BCUT2D eigenvalue weighted by Crippen LogP contribution is 2.33. The van der Waals surface area contributed by atoms with E-state index in [9.17, 15) is 13.2 Å². The maximum Gasteiger partial charge on any atom is 0.335 e. The Balaban J connectivity index is 1.81. The van der Waals surface area contributed by atoms with E-state index in [4.69, 9.17) is 4.74 Å². The minimum Gasteiger partial charge on any atom is -0.467 e. The molecule has 2 N–H and O–H groups in total. The summed E-state index contributed by atoms with van der Waals surface area (Å²) in [5, 5.41) is 2.51. The monoisotopic (exact) mass is 454 g/mol. The highest BCUT2D eigenvalue weighted by molar-refractivity contribution is 8.15. The topological polar surface area (TPSA) is 136 Å². The number of thioether (sulfide) groups is 1. The number of rotatable bonds is 6. The lowest BCUT2D eigenvalue weighted by Crippen LogP contribution is -2.35. The number of hydrogen-bond donors (Lipinski definition) is 3. The van der Waals surface area contributed by atoms with Crippen molar-refractivity contribution in [2.45, 2.75) is 17.1 Å². The lowest BCUT2D eigenvalue weighted by atomic mass is 10.1. The highest BCUT2D eigenvalue weighted by atomic mass is 32.2. The van der Waals surface area contributed by atoms with Crippen molar-refractivity contribution in [2.24, 2.45) is 4.99 Å². The quantitative estimate of drug-likeness (QED) is 0.563. The largest absolute Gasteiger partial charge is 0.467 e. The number of ether oxygens (including phenoxy) is 1. The molecule has 1 aromatic heterocycles. The molecule has 3 rings (SSSR count). The predicted molar refractivity (Wildman–Crippen MR) is 113 cm³/mol. The van der Waals surface area contributed by atoms with Gasteiger partial charge in [-0.15, -0.1) is 11.8 Å². The fourth-order valence-corrected chi connectivity index (χ4v) is 5.15. The first-order valence-electron chi connectivity index (χ1n) is 8.35. The van der Waals surface area contributed by atoms with E-state index in [1.165, 1.54) is 24.9 Å². The summed E-state index contributed by atoms with van der Waals surface area (Å²) >= 11 is 6.06. The van der Waals surface area contributed by atoms with Crippen LogP contribution < -0.4 is 14.8 Å². The maximum atomic E-state index is 12.8. The van der Waals surface area contributed by atoms with Crippen LogP contribution in [-0.2, 0) is 10.0 Å². The zero-order chi connectivity index (χ0) is 21.0. The number of nitrogens with one attached hydrogen (secondary N) is 2. The van der Waals surface area contributed by atoms with Gasteiger partial charge in [-0.05, 0) is 18.6 Å². The molecular weight excluding hydrogens is 436 g/mol. The summed E-state index contributed by atoms with van der Waals surface area (Å²) in [5.74, 6) is 0.990. The van der Waals surface area contributed by atoms with Crippen molar-refractivity contribution in [3.8, 4) is 6.01 Å². The second-order valence-corrected chi connectivity index (χ2v) is 9.04. The molecule has 0 saturated heterocycles. The average molecular weight is 455 g/mol. The molecule has 0 bridgehead atoms. The number of sulfonamides is 1. The Hall–Kier alpha value is -2.38. The van der Waals surface area contributed by atoms with Crippen LogP contribution in [0.4, 0.5) is 10.7 Å². The molecule has 1 aliphatic heterocycles. The van der Waals surface area contributed by atoms with Crippen LogP contribution in [0.1, 0.15) is 16.6 Å². The zero-order valence-corrected chi connectivity index (χ0v) is 18.0. The van der Waals surface area contributed by atoms with Crippen LogP contribution in [-0.4, -0.2) is 53.9 Å². The van der Waals surface area contributed by atoms with Gasteiger partial charge in [0.15, 0.2) is 0 Å².